The molecule has 0 fully saturated rings. The van der Waals surface area contributed by atoms with Gasteiger partial charge in [0.05, 0.1) is 30.7 Å². The Morgan fingerprint density at radius 1 is 0.519 bits per heavy atom. The number of fused-ring (bicyclic) bond motifs is 4. The molecule has 52 heavy (non-hydrogen) atoms. The third-order valence-electron chi connectivity index (χ3n) is 9.40. The average molecular weight is 715 g/mol. The first-order chi connectivity index (χ1) is 25.6. The van der Waals surface area contributed by atoms with Crippen molar-refractivity contribution in [2.45, 2.75) is 6.54 Å². The zero-order chi connectivity index (χ0) is 35.3. The number of methoxy groups -OCH3 is 2. The summed E-state index contributed by atoms with van der Waals surface area (Å²) in [6.45, 7) is 0.911. The summed E-state index contributed by atoms with van der Waals surface area (Å²) in [5, 5.41) is 7.23. The lowest BCUT2D eigenvalue weighted by molar-refractivity contribution is -0.666. The van der Waals surface area contributed by atoms with E-state index in [2.05, 4.69) is 167 Å². The maximum absolute atomic E-state index is 5.39. The Morgan fingerprint density at radius 3 is 1.65 bits per heavy atom. The highest BCUT2D eigenvalue weighted by Gasteiger charge is 2.16. The van der Waals surface area contributed by atoms with Crippen LogP contribution in [0.15, 0.2) is 146 Å². The first-order valence-electron chi connectivity index (χ1n) is 17.3. The SMILES string of the molecule is COc1ccc2cc(C=Cc3cc[n+](CCSS[n+]4ccc(C=Cc5ccc6cc(OC)ccc6c5)c5ccccc54)c4ccccc34)ccc2c1. The van der Waals surface area contributed by atoms with Crippen molar-refractivity contribution in [3.63, 3.8) is 0 Å². The van der Waals surface area contributed by atoms with Gasteiger partial charge in [-0.15, -0.1) is 3.97 Å². The van der Waals surface area contributed by atoms with Crippen LogP contribution in [0, 0.1) is 0 Å². The Hall–Kier alpha value is -5.56. The van der Waals surface area contributed by atoms with Gasteiger partial charge in [-0.2, -0.15) is 4.57 Å². The molecule has 0 aliphatic heterocycles. The van der Waals surface area contributed by atoms with Gasteiger partial charge in [-0.3, -0.25) is 0 Å². The summed E-state index contributed by atoms with van der Waals surface area (Å²) in [6, 6.07) is 47.2. The van der Waals surface area contributed by atoms with Crippen LogP contribution in [0.25, 0.3) is 67.7 Å². The quantitative estimate of drug-likeness (QED) is 0.0757. The van der Waals surface area contributed by atoms with Gasteiger partial charge >= 0.3 is 0 Å². The molecule has 0 atom stereocenters. The summed E-state index contributed by atoms with van der Waals surface area (Å²) in [5.41, 5.74) is 7.19. The van der Waals surface area contributed by atoms with Gasteiger partial charge in [0.2, 0.25) is 22.0 Å². The van der Waals surface area contributed by atoms with Gasteiger partial charge in [-0.1, -0.05) is 85.0 Å². The minimum atomic E-state index is 0.876. The topological polar surface area (TPSA) is 26.2 Å². The Morgan fingerprint density at radius 2 is 1.04 bits per heavy atom. The standard InChI is InChI=1S/C46H38N2O2S2/c1-49-41-21-19-37-29-33(13-17-39(37)31-41)11-15-35-23-25-47(45-9-5-3-7-43(35)45)27-28-51-52-48-26-24-36(44-8-4-6-10-46(44)48)16-12-34-14-18-40-32-42(50-2)22-20-38(40)30-34/h3-26,29-32H,27-28H2,1-2H3/q+2. The van der Waals surface area contributed by atoms with Gasteiger partial charge in [0.15, 0.2) is 18.9 Å². The van der Waals surface area contributed by atoms with E-state index in [1.165, 1.54) is 65.6 Å². The van der Waals surface area contributed by atoms with Gasteiger partial charge in [-0.05, 0) is 103 Å². The molecule has 254 valence electrons. The molecule has 0 saturated carbocycles. The summed E-state index contributed by atoms with van der Waals surface area (Å²) in [5.74, 6) is 2.72. The molecule has 2 heterocycles. The maximum atomic E-state index is 5.39. The number of hydrogen-bond donors (Lipinski definition) is 0. The van der Waals surface area contributed by atoms with Crippen LogP contribution in [0.3, 0.4) is 0 Å². The Kier molecular flexibility index (Phi) is 9.92. The molecule has 0 aliphatic carbocycles. The molecule has 0 amide bonds. The summed E-state index contributed by atoms with van der Waals surface area (Å²) in [7, 11) is 7.06. The molecule has 0 N–H and O–H groups in total. The van der Waals surface area contributed by atoms with E-state index >= 15 is 0 Å². The number of aromatic nitrogens is 2. The highest BCUT2D eigenvalue weighted by molar-refractivity contribution is 8.74. The second-order valence-corrected chi connectivity index (χ2v) is 14.9. The molecule has 8 rings (SSSR count). The molecule has 8 aromatic rings. The second-order valence-electron chi connectivity index (χ2n) is 12.6. The van der Waals surface area contributed by atoms with Crippen molar-refractivity contribution in [1.29, 1.82) is 0 Å². The predicted molar refractivity (Wildman–Crippen MR) is 223 cm³/mol. The second kappa shape index (κ2) is 15.4. The Balaban J connectivity index is 0.944. The molecule has 2 aromatic heterocycles. The summed E-state index contributed by atoms with van der Waals surface area (Å²) < 4.78 is 15.4. The third-order valence-corrected chi connectivity index (χ3v) is 11.6. The van der Waals surface area contributed by atoms with Crippen LogP contribution in [-0.2, 0) is 6.54 Å². The van der Waals surface area contributed by atoms with Crippen LogP contribution < -0.4 is 18.0 Å². The number of ether oxygens (including phenoxy) is 2. The van der Waals surface area contributed by atoms with Crippen LogP contribution in [0.4, 0.5) is 0 Å². The van der Waals surface area contributed by atoms with Crippen molar-refractivity contribution < 1.29 is 18.0 Å². The highest BCUT2D eigenvalue weighted by atomic mass is 33.1. The molecular weight excluding hydrogens is 677 g/mol. The largest absolute Gasteiger partial charge is 0.497 e. The molecule has 4 nitrogen and oxygen atoms in total. The molecular formula is C46H38N2O2S2+2. The van der Waals surface area contributed by atoms with Crippen molar-refractivity contribution in [3.8, 4) is 11.5 Å². The van der Waals surface area contributed by atoms with Gasteiger partial charge in [0.1, 0.15) is 11.5 Å². The minimum Gasteiger partial charge on any atom is -0.497 e. The summed E-state index contributed by atoms with van der Waals surface area (Å²) in [4.78, 5) is 0. The molecule has 0 aliphatic rings. The van der Waals surface area contributed by atoms with Gasteiger partial charge in [0, 0.05) is 24.3 Å². The van der Waals surface area contributed by atoms with Gasteiger partial charge < -0.3 is 9.47 Å². The molecule has 0 saturated heterocycles. The molecule has 0 bridgehead atoms. The molecule has 0 unspecified atom stereocenters. The van der Waals surface area contributed by atoms with Crippen molar-refractivity contribution in [3.05, 3.63) is 168 Å². The average Bonchev–Trinajstić information content (AvgIpc) is 3.20. The number of nitrogens with zero attached hydrogens (tertiary/aromatic N) is 2. The fourth-order valence-corrected chi connectivity index (χ4v) is 8.62. The first kappa shape index (κ1) is 33.6. The van der Waals surface area contributed by atoms with E-state index in [1.54, 1.807) is 25.2 Å². The molecule has 0 spiro atoms. The van der Waals surface area contributed by atoms with E-state index < -0.39 is 0 Å². The zero-order valence-corrected chi connectivity index (χ0v) is 30.7. The van der Waals surface area contributed by atoms with Gasteiger partial charge in [0.25, 0.3) is 0 Å². The van der Waals surface area contributed by atoms with Crippen LogP contribution in [-0.4, -0.2) is 20.0 Å². The lowest BCUT2D eigenvalue weighted by atomic mass is 10.0. The zero-order valence-electron chi connectivity index (χ0n) is 29.1. The number of aryl methyl sites for hydroxylation is 1. The van der Waals surface area contributed by atoms with Crippen LogP contribution in [0.2, 0.25) is 0 Å². The summed E-state index contributed by atoms with van der Waals surface area (Å²) in [6.07, 6.45) is 13.2. The number of benzene rings is 6. The van der Waals surface area contributed by atoms with Crippen LogP contribution >= 0.6 is 21.8 Å². The first-order valence-corrected chi connectivity index (χ1v) is 19.6. The van der Waals surface area contributed by atoms with E-state index in [1.807, 2.05) is 22.9 Å². The predicted octanol–water partition coefficient (Wildman–Crippen LogP) is 11.1. The van der Waals surface area contributed by atoms with Crippen LogP contribution in [0.5, 0.6) is 11.5 Å². The van der Waals surface area contributed by atoms with E-state index in [-0.39, 0.29) is 0 Å². The fraction of sp³-hybridized carbons (Fsp3) is 0.0870. The normalized spacial score (nSPS) is 11.8. The van der Waals surface area contributed by atoms with E-state index in [0.29, 0.717) is 0 Å². The van der Waals surface area contributed by atoms with Crippen molar-refractivity contribution in [2.75, 3.05) is 20.0 Å². The van der Waals surface area contributed by atoms with E-state index in [0.717, 1.165) is 23.8 Å². The lowest BCUT2D eigenvalue weighted by Crippen LogP contribution is -2.35. The molecule has 0 radical (unpaired) electrons. The van der Waals surface area contributed by atoms with Crippen molar-refractivity contribution >= 4 is 89.4 Å². The molecule has 6 heteroatoms. The lowest BCUT2D eigenvalue weighted by Gasteiger charge is -2.05. The van der Waals surface area contributed by atoms with E-state index in [4.69, 9.17) is 9.47 Å². The number of hydrogen-bond acceptors (Lipinski definition) is 4. The molecule has 6 aromatic carbocycles. The van der Waals surface area contributed by atoms with Crippen LogP contribution in [0.1, 0.15) is 22.3 Å². The Bertz CT molecular complexity index is 2450. The third kappa shape index (κ3) is 7.26. The summed E-state index contributed by atoms with van der Waals surface area (Å²) >= 11 is 0. The van der Waals surface area contributed by atoms with Gasteiger partial charge in [-0.25, -0.2) is 0 Å². The minimum absolute atomic E-state index is 0.876. The number of pyridine rings is 2. The number of rotatable bonds is 11. The smallest absolute Gasteiger partial charge is 0.238 e. The maximum Gasteiger partial charge on any atom is 0.238 e. The number of para-hydroxylation sites is 2. The Labute approximate surface area is 312 Å². The fourth-order valence-electron chi connectivity index (χ4n) is 6.63. The van der Waals surface area contributed by atoms with E-state index in [9.17, 15) is 0 Å². The highest BCUT2D eigenvalue weighted by Crippen LogP contribution is 2.27. The van der Waals surface area contributed by atoms with Crippen molar-refractivity contribution in [1.82, 2.24) is 0 Å². The monoisotopic (exact) mass is 714 g/mol. The van der Waals surface area contributed by atoms with Crippen molar-refractivity contribution in [2.24, 2.45) is 0 Å².